The largest absolute Gasteiger partial charge is 0.481 e. The molecule has 0 aromatic heterocycles. The van der Waals surface area contributed by atoms with Crippen LogP contribution in [-0.4, -0.2) is 53.1 Å². The first-order valence-electron chi connectivity index (χ1n) is 10.6. The van der Waals surface area contributed by atoms with Gasteiger partial charge >= 0.3 is 12.0 Å². The van der Waals surface area contributed by atoms with Gasteiger partial charge in [-0.1, -0.05) is 48.0 Å². The zero-order valence-electron chi connectivity index (χ0n) is 18.1. The fourth-order valence-corrected chi connectivity index (χ4v) is 3.60. The number of urea groups is 1. The topological polar surface area (TPSA) is 86.9 Å². The number of aliphatic carboxylic acids is 1. The molecule has 168 valence electrons. The molecule has 0 aliphatic heterocycles. The Morgan fingerprint density at radius 3 is 2.29 bits per heavy atom. The van der Waals surface area contributed by atoms with Gasteiger partial charge in [0, 0.05) is 31.1 Å². The van der Waals surface area contributed by atoms with E-state index in [0.717, 1.165) is 37.1 Å². The van der Waals surface area contributed by atoms with E-state index in [9.17, 15) is 9.59 Å². The standard InChI is InChI=1S/C24H32ClN3O3/c1-19-6-2-3-7-21(19)18-28(24(26)31)16-5-15-27(14-4-8-23(29)30)17-13-20-9-11-22(25)12-10-20/h2-3,6-7,9-12H,4-5,8,13-18H2,1H3,(H2,26,31)(H,29,30). The molecule has 0 radical (unpaired) electrons. The monoisotopic (exact) mass is 445 g/mol. The van der Waals surface area contributed by atoms with Crippen molar-refractivity contribution in [3.63, 3.8) is 0 Å². The van der Waals surface area contributed by atoms with E-state index in [-0.39, 0.29) is 6.42 Å². The minimum Gasteiger partial charge on any atom is -0.481 e. The summed E-state index contributed by atoms with van der Waals surface area (Å²) in [7, 11) is 0. The molecule has 3 N–H and O–H groups in total. The molecule has 0 heterocycles. The number of benzene rings is 2. The number of carboxylic acids is 1. The van der Waals surface area contributed by atoms with Crippen LogP contribution in [0, 0.1) is 6.92 Å². The van der Waals surface area contributed by atoms with Crippen molar-refractivity contribution in [2.75, 3.05) is 26.2 Å². The molecule has 2 amide bonds. The summed E-state index contributed by atoms with van der Waals surface area (Å²) in [5.74, 6) is -0.782. The molecule has 7 heteroatoms. The first-order chi connectivity index (χ1) is 14.8. The molecule has 0 unspecified atom stereocenters. The maximum Gasteiger partial charge on any atom is 0.315 e. The lowest BCUT2D eigenvalue weighted by Crippen LogP contribution is -2.38. The van der Waals surface area contributed by atoms with Crippen molar-refractivity contribution >= 4 is 23.6 Å². The second-order valence-electron chi connectivity index (χ2n) is 7.76. The number of halogens is 1. The Kier molecular flexibility index (Phi) is 10.3. The summed E-state index contributed by atoms with van der Waals surface area (Å²) in [5, 5.41) is 9.65. The van der Waals surface area contributed by atoms with Gasteiger partial charge in [0.1, 0.15) is 0 Å². The molecule has 0 aliphatic carbocycles. The molecular formula is C24H32ClN3O3. The van der Waals surface area contributed by atoms with E-state index < -0.39 is 12.0 Å². The number of amides is 2. The van der Waals surface area contributed by atoms with Crippen molar-refractivity contribution in [3.8, 4) is 0 Å². The van der Waals surface area contributed by atoms with E-state index in [0.29, 0.717) is 31.1 Å². The second kappa shape index (κ2) is 13.0. The number of rotatable bonds is 13. The highest BCUT2D eigenvalue weighted by Crippen LogP contribution is 2.12. The fourth-order valence-electron chi connectivity index (χ4n) is 3.47. The molecule has 0 fully saturated rings. The van der Waals surface area contributed by atoms with Crippen LogP contribution in [0.25, 0.3) is 0 Å². The van der Waals surface area contributed by atoms with Gasteiger partial charge in [0.15, 0.2) is 0 Å². The van der Waals surface area contributed by atoms with Crippen LogP contribution in [0.5, 0.6) is 0 Å². The van der Waals surface area contributed by atoms with Crippen molar-refractivity contribution in [2.24, 2.45) is 5.73 Å². The number of carbonyl (C=O) groups excluding carboxylic acids is 1. The Bertz CT molecular complexity index is 842. The van der Waals surface area contributed by atoms with Crippen LogP contribution in [0.15, 0.2) is 48.5 Å². The Morgan fingerprint density at radius 2 is 1.65 bits per heavy atom. The first-order valence-corrected chi connectivity index (χ1v) is 11.0. The van der Waals surface area contributed by atoms with E-state index >= 15 is 0 Å². The lowest BCUT2D eigenvalue weighted by Gasteiger charge is -2.25. The Morgan fingerprint density at radius 1 is 0.968 bits per heavy atom. The van der Waals surface area contributed by atoms with Crippen LogP contribution in [-0.2, 0) is 17.8 Å². The number of hydrogen-bond donors (Lipinski definition) is 2. The second-order valence-corrected chi connectivity index (χ2v) is 8.19. The van der Waals surface area contributed by atoms with Gasteiger partial charge in [-0.25, -0.2) is 4.79 Å². The molecule has 0 bridgehead atoms. The highest BCUT2D eigenvalue weighted by molar-refractivity contribution is 6.30. The highest BCUT2D eigenvalue weighted by Gasteiger charge is 2.13. The third-order valence-corrected chi connectivity index (χ3v) is 5.58. The maximum absolute atomic E-state index is 11.9. The van der Waals surface area contributed by atoms with Gasteiger partial charge in [-0.05, 0) is 68.1 Å². The van der Waals surface area contributed by atoms with Crippen LogP contribution in [0.3, 0.4) is 0 Å². The zero-order valence-corrected chi connectivity index (χ0v) is 18.9. The minimum atomic E-state index is -0.782. The van der Waals surface area contributed by atoms with Gasteiger partial charge in [0.25, 0.3) is 0 Å². The lowest BCUT2D eigenvalue weighted by molar-refractivity contribution is -0.137. The van der Waals surface area contributed by atoms with E-state index in [1.807, 2.05) is 55.5 Å². The lowest BCUT2D eigenvalue weighted by atomic mass is 10.1. The molecule has 2 rings (SSSR count). The van der Waals surface area contributed by atoms with Gasteiger partial charge < -0.3 is 20.6 Å². The Labute approximate surface area is 189 Å². The van der Waals surface area contributed by atoms with Crippen molar-refractivity contribution in [1.82, 2.24) is 9.80 Å². The van der Waals surface area contributed by atoms with E-state index in [4.69, 9.17) is 22.4 Å². The summed E-state index contributed by atoms with van der Waals surface area (Å²) < 4.78 is 0. The summed E-state index contributed by atoms with van der Waals surface area (Å²) in [6.45, 7) is 5.36. The van der Waals surface area contributed by atoms with Crippen molar-refractivity contribution in [1.29, 1.82) is 0 Å². The van der Waals surface area contributed by atoms with E-state index in [1.165, 1.54) is 5.56 Å². The number of primary amides is 1. The molecule has 0 saturated heterocycles. The summed E-state index contributed by atoms with van der Waals surface area (Å²) in [4.78, 5) is 26.7. The molecule has 0 aliphatic rings. The third-order valence-electron chi connectivity index (χ3n) is 5.33. The third kappa shape index (κ3) is 9.40. The minimum absolute atomic E-state index is 0.151. The summed E-state index contributed by atoms with van der Waals surface area (Å²) >= 11 is 5.96. The van der Waals surface area contributed by atoms with Gasteiger partial charge in [-0.3, -0.25) is 4.79 Å². The summed E-state index contributed by atoms with van der Waals surface area (Å²) in [6.07, 6.45) is 2.37. The molecule has 31 heavy (non-hydrogen) atoms. The smallest absolute Gasteiger partial charge is 0.315 e. The average molecular weight is 446 g/mol. The summed E-state index contributed by atoms with van der Waals surface area (Å²) in [5.41, 5.74) is 9.01. The van der Waals surface area contributed by atoms with E-state index in [2.05, 4.69) is 4.90 Å². The number of nitrogens with two attached hydrogens (primary N) is 1. The average Bonchev–Trinajstić information content (AvgIpc) is 2.73. The van der Waals surface area contributed by atoms with Gasteiger partial charge in [-0.15, -0.1) is 0 Å². The van der Waals surface area contributed by atoms with Crippen molar-refractivity contribution in [3.05, 3.63) is 70.2 Å². The van der Waals surface area contributed by atoms with Crippen molar-refractivity contribution in [2.45, 2.75) is 39.2 Å². The highest BCUT2D eigenvalue weighted by atomic mass is 35.5. The van der Waals surface area contributed by atoms with Gasteiger partial charge in [-0.2, -0.15) is 0 Å². The molecule has 6 nitrogen and oxygen atoms in total. The Hall–Kier alpha value is -2.57. The quantitative estimate of drug-likeness (QED) is 0.480. The van der Waals surface area contributed by atoms with Gasteiger partial charge in [0.05, 0.1) is 0 Å². The number of hydrogen-bond acceptors (Lipinski definition) is 3. The van der Waals surface area contributed by atoms with E-state index in [1.54, 1.807) is 4.90 Å². The number of aryl methyl sites for hydroxylation is 1. The van der Waals surface area contributed by atoms with Crippen LogP contribution in [0.2, 0.25) is 5.02 Å². The number of nitrogens with zero attached hydrogens (tertiary/aromatic N) is 2. The van der Waals surface area contributed by atoms with Crippen LogP contribution >= 0.6 is 11.6 Å². The maximum atomic E-state index is 11.9. The van der Waals surface area contributed by atoms with Crippen molar-refractivity contribution < 1.29 is 14.7 Å². The van der Waals surface area contributed by atoms with Crippen LogP contribution < -0.4 is 5.73 Å². The fraction of sp³-hybridized carbons (Fsp3) is 0.417. The molecule has 0 saturated carbocycles. The number of carbonyl (C=O) groups is 2. The first kappa shape index (κ1) is 24.7. The normalized spacial score (nSPS) is 10.9. The zero-order chi connectivity index (χ0) is 22.6. The molecule has 0 atom stereocenters. The molecule has 2 aromatic rings. The SMILES string of the molecule is Cc1ccccc1CN(CCCN(CCCC(=O)O)CCc1ccc(Cl)cc1)C(N)=O. The molecular weight excluding hydrogens is 414 g/mol. The summed E-state index contributed by atoms with van der Waals surface area (Å²) in [6, 6.07) is 15.3. The van der Waals surface area contributed by atoms with Crippen LogP contribution in [0.1, 0.15) is 36.0 Å². The number of carboxylic acid groups (broad SMARTS) is 1. The molecule has 0 spiro atoms. The van der Waals surface area contributed by atoms with Crippen LogP contribution in [0.4, 0.5) is 4.79 Å². The predicted octanol–water partition coefficient (Wildman–Crippen LogP) is 4.33. The Balaban J connectivity index is 1.89. The molecule has 2 aromatic carbocycles. The van der Waals surface area contributed by atoms with Gasteiger partial charge in [0.2, 0.25) is 0 Å². The predicted molar refractivity (Wildman–Crippen MR) is 124 cm³/mol.